The Kier molecular flexibility index (Phi) is 6.32. The number of nitrogens with one attached hydrogen (secondary N) is 1. The fraction of sp³-hybridized carbons (Fsp3) is 0.562. The predicted octanol–water partition coefficient (Wildman–Crippen LogP) is 3.38. The fourth-order valence-corrected chi connectivity index (χ4v) is 3.72. The molecule has 1 atom stereocenters. The Morgan fingerprint density at radius 2 is 1.81 bits per heavy atom. The number of halogens is 2. The van der Waals surface area contributed by atoms with Crippen molar-refractivity contribution in [3.63, 3.8) is 0 Å². The Bertz CT molecular complexity index is 474. The lowest BCUT2D eigenvalue weighted by atomic mass is 9.95. The molecule has 1 amide bonds. The van der Waals surface area contributed by atoms with E-state index < -0.39 is 0 Å². The molecule has 1 unspecified atom stereocenters. The zero-order valence-electron chi connectivity index (χ0n) is 12.1. The van der Waals surface area contributed by atoms with Gasteiger partial charge in [-0.2, -0.15) is 0 Å². The highest BCUT2D eigenvalue weighted by Crippen LogP contribution is 2.34. The molecule has 1 N–H and O–H groups in total. The third-order valence-electron chi connectivity index (χ3n) is 4.48. The summed E-state index contributed by atoms with van der Waals surface area (Å²) in [5.74, 6) is 0.619. The maximum absolute atomic E-state index is 12.7. The first-order valence-electron chi connectivity index (χ1n) is 7.52. The van der Waals surface area contributed by atoms with Crippen LogP contribution in [0.25, 0.3) is 0 Å². The summed E-state index contributed by atoms with van der Waals surface area (Å²) in [6, 6.07) is 8.94. The summed E-state index contributed by atoms with van der Waals surface area (Å²) in [4.78, 5) is 14.9. The number of rotatable bonds is 2. The maximum Gasteiger partial charge on any atom is 0.226 e. The molecule has 0 saturated carbocycles. The number of carbonyl (C=O) groups is 1. The monoisotopic (exact) mass is 420 g/mol. The molecule has 116 valence electrons. The van der Waals surface area contributed by atoms with E-state index in [1.807, 2.05) is 0 Å². The fourth-order valence-electron chi connectivity index (χ4n) is 3.37. The zero-order chi connectivity index (χ0) is 13.9. The molecule has 2 fully saturated rings. The van der Waals surface area contributed by atoms with Crippen LogP contribution in [-0.2, 0) is 4.79 Å². The smallest absolute Gasteiger partial charge is 0.226 e. The molecule has 0 aliphatic carbocycles. The van der Waals surface area contributed by atoms with Gasteiger partial charge in [0.1, 0.15) is 0 Å². The van der Waals surface area contributed by atoms with Gasteiger partial charge >= 0.3 is 0 Å². The third-order valence-corrected chi connectivity index (χ3v) is 5.20. The largest absolute Gasteiger partial charge is 0.335 e. The number of likely N-dealkylation sites (tertiary alicyclic amines) is 1. The minimum Gasteiger partial charge on any atom is -0.335 e. The van der Waals surface area contributed by atoms with Crippen LogP contribution in [0.3, 0.4) is 0 Å². The van der Waals surface area contributed by atoms with E-state index in [9.17, 15) is 4.79 Å². The van der Waals surface area contributed by atoms with Gasteiger partial charge in [0, 0.05) is 16.0 Å². The van der Waals surface area contributed by atoms with E-state index in [0.717, 1.165) is 45.3 Å². The molecular formula is C16H22ClIN2O. The Morgan fingerprint density at radius 1 is 1.14 bits per heavy atom. The Labute approximate surface area is 146 Å². The van der Waals surface area contributed by atoms with Gasteiger partial charge in [-0.05, 0) is 79.1 Å². The van der Waals surface area contributed by atoms with E-state index in [1.54, 1.807) is 0 Å². The third kappa shape index (κ3) is 3.90. The van der Waals surface area contributed by atoms with Gasteiger partial charge in [-0.15, -0.1) is 12.4 Å². The van der Waals surface area contributed by atoms with Crippen molar-refractivity contribution in [2.45, 2.75) is 31.7 Å². The van der Waals surface area contributed by atoms with E-state index >= 15 is 0 Å². The van der Waals surface area contributed by atoms with Crippen molar-refractivity contribution in [1.82, 2.24) is 10.2 Å². The lowest BCUT2D eigenvalue weighted by Gasteiger charge is -2.31. The number of carbonyl (C=O) groups excluding carboxylic acids is 1. The zero-order valence-corrected chi connectivity index (χ0v) is 15.0. The molecule has 1 aromatic carbocycles. The first-order chi connectivity index (χ1) is 9.75. The van der Waals surface area contributed by atoms with E-state index in [2.05, 4.69) is 57.1 Å². The van der Waals surface area contributed by atoms with Gasteiger partial charge in [0.25, 0.3) is 0 Å². The minimum atomic E-state index is 0. The van der Waals surface area contributed by atoms with E-state index in [1.165, 1.54) is 9.13 Å². The van der Waals surface area contributed by atoms with Crippen molar-refractivity contribution >= 4 is 40.9 Å². The summed E-state index contributed by atoms with van der Waals surface area (Å²) in [5, 5.41) is 3.34. The highest BCUT2D eigenvalue weighted by atomic mass is 127. The van der Waals surface area contributed by atoms with Crippen molar-refractivity contribution in [2.75, 3.05) is 19.6 Å². The van der Waals surface area contributed by atoms with Gasteiger partial charge in [-0.1, -0.05) is 12.1 Å². The SMILES string of the molecule is Cl.O=C(C1CCNCC1)N1CCCC1c1ccc(I)cc1. The van der Waals surface area contributed by atoms with Crippen LogP contribution in [0, 0.1) is 9.49 Å². The van der Waals surface area contributed by atoms with Crippen LogP contribution >= 0.6 is 35.0 Å². The topological polar surface area (TPSA) is 32.3 Å². The number of amides is 1. The molecule has 0 spiro atoms. The minimum absolute atomic E-state index is 0. The number of piperidine rings is 1. The van der Waals surface area contributed by atoms with Crippen LogP contribution in [0.5, 0.6) is 0 Å². The number of hydrogen-bond donors (Lipinski definition) is 1. The molecule has 3 nitrogen and oxygen atoms in total. The van der Waals surface area contributed by atoms with Crippen LogP contribution < -0.4 is 5.32 Å². The number of benzene rings is 1. The van der Waals surface area contributed by atoms with Gasteiger partial charge < -0.3 is 10.2 Å². The van der Waals surface area contributed by atoms with Gasteiger partial charge in [-0.3, -0.25) is 4.79 Å². The summed E-state index contributed by atoms with van der Waals surface area (Å²) >= 11 is 2.33. The van der Waals surface area contributed by atoms with Crippen LogP contribution in [0.2, 0.25) is 0 Å². The molecule has 0 bridgehead atoms. The Hall–Kier alpha value is -0.330. The summed E-state index contributed by atoms with van der Waals surface area (Å²) in [7, 11) is 0. The van der Waals surface area contributed by atoms with Crippen molar-refractivity contribution in [3.05, 3.63) is 33.4 Å². The second kappa shape index (κ2) is 7.79. The molecule has 0 radical (unpaired) electrons. The average Bonchev–Trinajstić information content (AvgIpc) is 2.97. The van der Waals surface area contributed by atoms with Crippen LogP contribution in [0.4, 0.5) is 0 Å². The van der Waals surface area contributed by atoms with Gasteiger partial charge in [0.15, 0.2) is 0 Å². The normalized spacial score (nSPS) is 22.9. The van der Waals surface area contributed by atoms with Crippen molar-refractivity contribution in [3.8, 4) is 0 Å². The summed E-state index contributed by atoms with van der Waals surface area (Å²) in [6.45, 7) is 2.90. The quantitative estimate of drug-likeness (QED) is 0.744. The first kappa shape index (κ1) is 17.0. The van der Waals surface area contributed by atoms with Gasteiger partial charge in [-0.25, -0.2) is 0 Å². The highest BCUT2D eigenvalue weighted by molar-refractivity contribution is 14.1. The van der Waals surface area contributed by atoms with Crippen LogP contribution in [-0.4, -0.2) is 30.4 Å². The Balaban J connectivity index is 0.00000161. The van der Waals surface area contributed by atoms with Gasteiger partial charge in [0.05, 0.1) is 6.04 Å². The van der Waals surface area contributed by atoms with Crippen molar-refractivity contribution < 1.29 is 4.79 Å². The molecular weight excluding hydrogens is 399 g/mol. The highest BCUT2D eigenvalue weighted by Gasteiger charge is 2.34. The van der Waals surface area contributed by atoms with Crippen molar-refractivity contribution in [1.29, 1.82) is 0 Å². The number of hydrogen-bond acceptors (Lipinski definition) is 2. The predicted molar refractivity (Wildman–Crippen MR) is 95.7 cm³/mol. The summed E-state index contributed by atoms with van der Waals surface area (Å²) < 4.78 is 1.25. The van der Waals surface area contributed by atoms with E-state index in [-0.39, 0.29) is 18.3 Å². The second-order valence-corrected chi connectivity index (χ2v) is 7.01. The van der Waals surface area contributed by atoms with Gasteiger partial charge in [0.2, 0.25) is 5.91 Å². The lowest BCUT2D eigenvalue weighted by Crippen LogP contribution is -2.40. The summed E-state index contributed by atoms with van der Waals surface area (Å²) in [6.07, 6.45) is 4.23. The number of nitrogens with zero attached hydrogens (tertiary/aromatic N) is 1. The van der Waals surface area contributed by atoms with E-state index in [0.29, 0.717) is 11.9 Å². The maximum atomic E-state index is 12.7. The van der Waals surface area contributed by atoms with E-state index in [4.69, 9.17) is 0 Å². The molecule has 2 saturated heterocycles. The lowest BCUT2D eigenvalue weighted by molar-refractivity contribution is -0.137. The van der Waals surface area contributed by atoms with Crippen LogP contribution in [0.15, 0.2) is 24.3 Å². The molecule has 1 aromatic rings. The molecule has 5 heteroatoms. The van der Waals surface area contributed by atoms with Crippen LogP contribution in [0.1, 0.15) is 37.3 Å². The second-order valence-electron chi connectivity index (χ2n) is 5.77. The molecule has 3 rings (SSSR count). The van der Waals surface area contributed by atoms with Crippen molar-refractivity contribution in [2.24, 2.45) is 5.92 Å². The molecule has 0 aromatic heterocycles. The molecule has 2 heterocycles. The summed E-state index contributed by atoms with van der Waals surface area (Å²) in [5.41, 5.74) is 1.30. The average molecular weight is 421 g/mol. The molecule has 2 aliphatic rings. The molecule has 2 aliphatic heterocycles. The first-order valence-corrected chi connectivity index (χ1v) is 8.60. The Morgan fingerprint density at radius 3 is 2.48 bits per heavy atom. The molecule has 21 heavy (non-hydrogen) atoms. The standard InChI is InChI=1S/C16H21IN2O.ClH/c17-14-5-3-12(4-6-14)15-2-1-11-19(15)16(20)13-7-9-18-10-8-13;/h3-6,13,15,18H,1-2,7-11H2;1H.